The molecule has 3 heterocycles. The molecule has 3 radical (unpaired) electrons. The lowest BCUT2D eigenvalue weighted by Gasteiger charge is -1.71. The van der Waals surface area contributed by atoms with E-state index >= 15 is 0 Å². The van der Waals surface area contributed by atoms with Crippen LogP contribution in [0.1, 0.15) is 67.7 Å². The molecule has 0 saturated heterocycles. The second-order valence-corrected chi connectivity index (χ2v) is 10.5. The number of benzene rings is 2. The Morgan fingerprint density at radius 2 is 0.846 bits per heavy atom. The fourth-order valence-electron chi connectivity index (χ4n) is 2.10. The Kier molecular flexibility index (Phi) is 39.9. The zero-order valence-electron chi connectivity index (χ0n) is 20.7. The maximum absolute atomic E-state index is 4.13. The third-order valence-electron chi connectivity index (χ3n) is 3.43. The van der Waals surface area contributed by atoms with Gasteiger partial charge in [-0.15, -0.1) is 44.2 Å². The summed E-state index contributed by atoms with van der Waals surface area (Å²) in [5, 5.41) is 14.0. The first-order valence-corrected chi connectivity index (χ1v) is 12.9. The van der Waals surface area contributed by atoms with Crippen molar-refractivity contribution in [1.29, 1.82) is 0 Å². The standard InChI is InChI=1S/2C6H6.2C5H7NS.C4H6N2S.5CH4.B/c2*1-2-4-6-5-3-1;1-4-3-7-5(2)6-4;1-4-3-6-5(2)7-4;1-3-5-6-4(2)7-3;;;;;;/h2*1-6H;2*3H,1-2H3;1-2H3;5*1H4;. The van der Waals surface area contributed by atoms with Crippen molar-refractivity contribution >= 4 is 42.4 Å². The number of hydrogen-bond acceptors (Lipinski definition) is 7. The van der Waals surface area contributed by atoms with Gasteiger partial charge in [-0.3, -0.25) is 0 Å². The van der Waals surface area contributed by atoms with Crippen molar-refractivity contribution in [2.24, 2.45) is 0 Å². The van der Waals surface area contributed by atoms with Gasteiger partial charge < -0.3 is 0 Å². The Bertz CT molecular complexity index is 870. The summed E-state index contributed by atoms with van der Waals surface area (Å²) in [6.07, 6.45) is 1.89. The van der Waals surface area contributed by atoms with Gasteiger partial charge in [0.25, 0.3) is 0 Å². The van der Waals surface area contributed by atoms with Crippen LogP contribution in [-0.2, 0) is 0 Å². The largest absolute Gasteiger partial charge is 0.250 e. The van der Waals surface area contributed by atoms with Crippen LogP contribution in [0.2, 0.25) is 0 Å². The summed E-state index contributed by atoms with van der Waals surface area (Å²) in [6.45, 7) is 12.0. The highest BCUT2D eigenvalue weighted by atomic mass is 32.1. The van der Waals surface area contributed by atoms with E-state index in [2.05, 4.69) is 32.5 Å². The summed E-state index contributed by atoms with van der Waals surface area (Å²) in [4.78, 5) is 9.45. The van der Waals surface area contributed by atoms with Crippen LogP contribution in [0.4, 0.5) is 0 Å². The summed E-state index contributed by atoms with van der Waals surface area (Å²) < 4.78 is 0. The van der Waals surface area contributed by atoms with Crippen LogP contribution in [0.15, 0.2) is 84.4 Å². The van der Waals surface area contributed by atoms with Crippen LogP contribution in [0.5, 0.6) is 0 Å². The minimum atomic E-state index is 0. The van der Waals surface area contributed by atoms with Gasteiger partial charge in [0, 0.05) is 30.6 Å². The van der Waals surface area contributed by atoms with Gasteiger partial charge in [0.1, 0.15) is 10.0 Å². The molecule has 0 amide bonds. The van der Waals surface area contributed by atoms with Gasteiger partial charge in [0.05, 0.1) is 10.0 Å². The van der Waals surface area contributed by atoms with Gasteiger partial charge in [-0.1, -0.05) is 110 Å². The highest BCUT2D eigenvalue weighted by Gasteiger charge is 1.88. The first kappa shape index (κ1) is 49.3. The molecule has 0 spiro atoms. The number of nitrogens with zero attached hydrogens (tertiary/aromatic N) is 4. The molecule has 5 rings (SSSR count). The molecule has 2 aromatic carbocycles. The van der Waals surface area contributed by atoms with Crippen molar-refractivity contribution < 1.29 is 0 Å². The van der Waals surface area contributed by atoms with Gasteiger partial charge in [-0.2, -0.15) is 0 Å². The molecular weight excluding hydrogens is 535 g/mol. The average Bonchev–Trinajstić information content (AvgIpc) is 3.53. The first-order valence-electron chi connectivity index (χ1n) is 10.4. The third kappa shape index (κ3) is 29.7. The molecule has 0 aliphatic rings. The van der Waals surface area contributed by atoms with Crippen LogP contribution in [0.25, 0.3) is 0 Å². The molecule has 0 unspecified atom stereocenters. The predicted molar refractivity (Wildman–Crippen MR) is 185 cm³/mol. The van der Waals surface area contributed by atoms with Crippen LogP contribution >= 0.6 is 34.0 Å². The van der Waals surface area contributed by atoms with Crippen LogP contribution < -0.4 is 0 Å². The third-order valence-corrected chi connectivity index (χ3v) is 5.90. The van der Waals surface area contributed by atoms with E-state index in [0.717, 1.165) is 25.7 Å². The summed E-state index contributed by atoms with van der Waals surface area (Å²) in [5.41, 5.74) is 1.13. The van der Waals surface area contributed by atoms with Gasteiger partial charge in [0.15, 0.2) is 0 Å². The molecule has 39 heavy (non-hydrogen) atoms. The van der Waals surface area contributed by atoms with Gasteiger partial charge in [0.2, 0.25) is 0 Å². The SMILES string of the molecule is C.C.C.C.C.Cc1cnc(C)s1.Cc1csc(C)n1.Cc1nnc(C)s1.[B].c1ccccc1.c1ccccc1. The highest BCUT2D eigenvalue weighted by molar-refractivity contribution is 7.11. The first-order chi connectivity index (χ1) is 15.9. The number of thiazole rings is 2. The smallest absolute Gasteiger partial charge is 0.114 e. The van der Waals surface area contributed by atoms with Crippen LogP contribution in [0, 0.1) is 41.5 Å². The van der Waals surface area contributed by atoms with E-state index in [1.54, 1.807) is 34.0 Å². The van der Waals surface area contributed by atoms with E-state index in [4.69, 9.17) is 0 Å². The number of aryl methyl sites for hydroxylation is 6. The van der Waals surface area contributed by atoms with Crippen molar-refractivity contribution in [3.63, 3.8) is 0 Å². The molecule has 0 N–H and O–H groups in total. The molecule has 0 bridgehead atoms. The van der Waals surface area contributed by atoms with Gasteiger partial charge in [-0.05, 0) is 41.5 Å². The van der Waals surface area contributed by atoms with E-state index in [-0.39, 0.29) is 45.5 Å². The lowest BCUT2D eigenvalue weighted by atomic mass is 10.4. The molecule has 0 aliphatic carbocycles. The normalized spacial score (nSPS) is 7.54. The minimum absolute atomic E-state index is 0. The Labute approximate surface area is 255 Å². The van der Waals surface area contributed by atoms with Crippen molar-refractivity contribution in [2.45, 2.75) is 78.7 Å². The Morgan fingerprint density at radius 3 is 0.949 bits per heavy atom. The van der Waals surface area contributed by atoms with Crippen molar-refractivity contribution in [3.05, 3.63) is 115 Å². The Hall–Kier alpha value is -2.68. The second kappa shape index (κ2) is 31.5. The van der Waals surface area contributed by atoms with Crippen LogP contribution in [-0.4, -0.2) is 28.6 Å². The fraction of sp³-hybridized carbons (Fsp3) is 0.355. The molecule has 0 fully saturated rings. The zero-order valence-corrected chi connectivity index (χ0v) is 23.1. The summed E-state index contributed by atoms with van der Waals surface area (Å²) in [7, 11) is 0. The predicted octanol–water partition coefficient (Wildman–Crippen LogP) is 10.8. The molecule has 0 saturated carbocycles. The molecule has 4 nitrogen and oxygen atoms in total. The fourth-order valence-corrected chi connectivity index (χ4v) is 3.96. The number of aromatic nitrogens is 4. The highest BCUT2D eigenvalue weighted by Crippen LogP contribution is 2.08. The van der Waals surface area contributed by atoms with Crippen molar-refractivity contribution in [2.75, 3.05) is 0 Å². The average molecular weight is 588 g/mol. The lowest BCUT2D eigenvalue weighted by molar-refractivity contribution is 1.02. The Morgan fingerprint density at radius 1 is 0.487 bits per heavy atom. The van der Waals surface area contributed by atoms with Crippen LogP contribution in [0.3, 0.4) is 0 Å². The quantitative estimate of drug-likeness (QED) is 0.169. The maximum atomic E-state index is 4.13. The molecular formula is C31H52BN4S3. The maximum Gasteiger partial charge on any atom is 0.114 e. The van der Waals surface area contributed by atoms with E-state index in [9.17, 15) is 0 Å². The van der Waals surface area contributed by atoms with E-state index < -0.39 is 0 Å². The minimum Gasteiger partial charge on any atom is -0.250 e. The summed E-state index contributed by atoms with van der Waals surface area (Å²) >= 11 is 5.05. The van der Waals surface area contributed by atoms with E-state index in [1.807, 2.05) is 114 Å². The summed E-state index contributed by atoms with van der Waals surface area (Å²) in [6, 6.07) is 24.0. The van der Waals surface area contributed by atoms with Crippen molar-refractivity contribution in [1.82, 2.24) is 20.2 Å². The lowest BCUT2D eigenvalue weighted by Crippen LogP contribution is -1.68. The monoisotopic (exact) mass is 587 g/mol. The van der Waals surface area contributed by atoms with E-state index in [0.29, 0.717) is 0 Å². The topological polar surface area (TPSA) is 51.6 Å². The molecule has 217 valence electrons. The molecule has 0 aliphatic heterocycles. The Balaban J connectivity index is -0.0000000841. The van der Waals surface area contributed by atoms with Crippen molar-refractivity contribution in [3.8, 4) is 0 Å². The van der Waals surface area contributed by atoms with Gasteiger partial charge >= 0.3 is 0 Å². The molecule has 3 aromatic heterocycles. The molecule has 8 heteroatoms. The molecule has 5 aromatic rings. The summed E-state index contributed by atoms with van der Waals surface area (Å²) in [5.74, 6) is 0. The number of rotatable bonds is 0. The second-order valence-electron chi connectivity index (χ2n) is 6.65. The van der Waals surface area contributed by atoms with E-state index in [1.165, 1.54) is 4.88 Å². The number of hydrogen-bond donors (Lipinski definition) is 0. The van der Waals surface area contributed by atoms with Gasteiger partial charge in [-0.25, -0.2) is 9.97 Å². The zero-order chi connectivity index (χ0) is 24.3. The molecule has 0 atom stereocenters.